The first-order valence-electron chi connectivity index (χ1n) is 18.7. The Labute approximate surface area is 319 Å². The van der Waals surface area contributed by atoms with Crippen molar-refractivity contribution in [3.8, 4) is 0 Å². The van der Waals surface area contributed by atoms with E-state index in [0.717, 1.165) is 0 Å². The standard InChI is InChI=1S/C49H44Si4/c1-51(44-30-14-4-15-31-44,45-32-16-5-17-33-45)53(48-38-22-8-23-39-48,49-40-24-9-25-41-49)52(46-34-18-6-19-35-46,47-36-20-7-21-37-47)50(42-26-10-2-11-27-42)43-28-12-3-13-29-43/h2-41,50H,1H3. The molecule has 0 heterocycles. The molecule has 0 aliphatic heterocycles. The van der Waals surface area contributed by atoms with E-state index in [0.29, 0.717) is 0 Å². The molecule has 0 radical (unpaired) electrons. The molecule has 0 unspecified atom stereocenters. The van der Waals surface area contributed by atoms with E-state index in [1.165, 1.54) is 31.1 Å². The van der Waals surface area contributed by atoms with Gasteiger partial charge >= 0.3 is 0 Å². The molecule has 0 aromatic heterocycles. The summed E-state index contributed by atoms with van der Waals surface area (Å²) in [5, 5.41) is 12.2. The van der Waals surface area contributed by atoms with E-state index < -0.39 is 30.1 Å². The van der Waals surface area contributed by atoms with Crippen LogP contribution in [-0.4, -0.2) is 30.1 Å². The zero-order valence-electron chi connectivity index (χ0n) is 30.2. The summed E-state index contributed by atoms with van der Waals surface area (Å²) in [6.45, 7) is 2.76. The first-order chi connectivity index (χ1) is 26.2. The van der Waals surface area contributed by atoms with Crippen LogP contribution in [0.5, 0.6) is 0 Å². The lowest BCUT2D eigenvalue weighted by atomic mass is 10.4. The van der Waals surface area contributed by atoms with Crippen LogP contribution in [-0.2, 0) is 0 Å². The minimum atomic E-state index is -3.13. The normalized spacial score (nSPS) is 12.0. The second kappa shape index (κ2) is 15.3. The monoisotopic (exact) mass is 744 g/mol. The number of rotatable bonds is 11. The van der Waals surface area contributed by atoms with Gasteiger partial charge in [-0.15, -0.1) is 0 Å². The second-order valence-corrected chi connectivity index (χ2v) is 42.6. The van der Waals surface area contributed by atoms with Gasteiger partial charge in [0.2, 0.25) is 0 Å². The quantitative estimate of drug-likeness (QED) is 0.150. The molecule has 8 aromatic carbocycles. The van der Waals surface area contributed by atoms with E-state index in [4.69, 9.17) is 0 Å². The zero-order valence-corrected chi connectivity index (χ0v) is 34.3. The first kappa shape index (κ1) is 34.7. The molecule has 0 N–H and O–H groups in total. The highest BCUT2D eigenvalue weighted by Crippen LogP contribution is 2.32. The maximum absolute atomic E-state index is 3.13. The predicted molar refractivity (Wildman–Crippen MR) is 239 cm³/mol. The number of hydrogen-bond donors (Lipinski definition) is 0. The predicted octanol–water partition coefficient (Wildman–Crippen LogP) is 5.68. The van der Waals surface area contributed by atoms with E-state index >= 15 is 0 Å². The summed E-state index contributed by atoms with van der Waals surface area (Å²) in [6, 6.07) is 94.5. The molecule has 0 bridgehead atoms. The Kier molecular flexibility index (Phi) is 10.0. The van der Waals surface area contributed by atoms with Crippen molar-refractivity contribution in [2.75, 3.05) is 0 Å². The van der Waals surface area contributed by atoms with Crippen molar-refractivity contribution in [2.45, 2.75) is 6.55 Å². The third-order valence-corrected chi connectivity index (χ3v) is 63.8. The van der Waals surface area contributed by atoms with Gasteiger partial charge in [-0.3, -0.25) is 0 Å². The lowest BCUT2D eigenvalue weighted by molar-refractivity contribution is 1.68. The van der Waals surface area contributed by atoms with E-state index in [-0.39, 0.29) is 0 Å². The molecule has 0 nitrogen and oxygen atoms in total. The van der Waals surface area contributed by atoms with Crippen molar-refractivity contribution in [1.29, 1.82) is 0 Å². The highest BCUT2D eigenvalue weighted by molar-refractivity contribution is 7.96. The van der Waals surface area contributed by atoms with Crippen LogP contribution >= 0.6 is 0 Å². The number of benzene rings is 8. The SMILES string of the molecule is C[Si](c1ccccc1)(c1ccccc1)[Si](c1ccccc1)(c1ccccc1)[Si](c1ccccc1)(c1ccccc1)[SiH](c1ccccc1)c1ccccc1. The average Bonchev–Trinajstić information content (AvgIpc) is 3.26. The van der Waals surface area contributed by atoms with Crippen LogP contribution < -0.4 is 41.5 Å². The topological polar surface area (TPSA) is 0 Å². The third-order valence-electron chi connectivity index (χ3n) is 11.6. The van der Waals surface area contributed by atoms with Gasteiger partial charge in [-0.2, -0.15) is 0 Å². The summed E-state index contributed by atoms with van der Waals surface area (Å²) in [7, 11) is -11.3. The molecular weight excluding hydrogens is 701 g/mol. The highest BCUT2D eigenvalue weighted by atomic mass is 29.8. The van der Waals surface area contributed by atoms with Crippen LogP contribution in [0.3, 0.4) is 0 Å². The van der Waals surface area contributed by atoms with E-state index in [1.807, 2.05) is 0 Å². The summed E-state index contributed by atoms with van der Waals surface area (Å²) in [4.78, 5) is 0. The third kappa shape index (κ3) is 5.79. The van der Waals surface area contributed by atoms with E-state index in [9.17, 15) is 0 Å². The first-order valence-corrected chi connectivity index (χ1v) is 30.1. The van der Waals surface area contributed by atoms with Gasteiger partial charge < -0.3 is 0 Å². The fourth-order valence-electron chi connectivity index (χ4n) is 9.65. The maximum Gasteiger partial charge on any atom is 0.123 e. The zero-order chi connectivity index (χ0) is 36.0. The minimum absolute atomic E-state index is 1.50. The molecule has 8 aromatic rings. The van der Waals surface area contributed by atoms with Crippen molar-refractivity contribution >= 4 is 71.6 Å². The average molecular weight is 745 g/mol. The molecule has 8 rings (SSSR count). The highest BCUT2D eigenvalue weighted by Gasteiger charge is 2.72. The van der Waals surface area contributed by atoms with Gasteiger partial charge in [-0.05, 0) is 0 Å². The van der Waals surface area contributed by atoms with Crippen molar-refractivity contribution in [2.24, 2.45) is 0 Å². The van der Waals surface area contributed by atoms with Crippen molar-refractivity contribution in [3.63, 3.8) is 0 Å². The Hall–Kier alpha value is -5.37. The fraction of sp³-hybridized carbons (Fsp3) is 0.0204. The summed E-state index contributed by atoms with van der Waals surface area (Å²) >= 11 is 0. The van der Waals surface area contributed by atoms with Crippen LogP contribution in [0.1, 0.15) is 0 Å². The summed E-state index contributed by atoms with van der Waals surface area (Å²) in [5.74, 6) is 0. The molecule has 53 heavy (non-hydrogen) atoms. The lowest BCUT2D eigenvalue weighted by Gasteiger charge is -2.60. The molecule has 0 amide bonds. The maximum atomic E-state index is 2.76. The molecular formula is C49H44Si4. The summed E-state index contributed by atoms with van der Waals surface area (Å²) < 4.78 is 0. The molecule has 4 heteroatoms. The lowest BCUT2D eigenvalue weighted by Crippen LogP contribution is -3.03. The molecule has 0 aliphatic rings. The van der Waals surface area contributed by atoms with Gasteiger partial charge in [0.25, 0.3) is 0 Å². The Balaban J connectivity index is 1.74. The van der Waals surface area contributed by atoms with E-state index in [1.54, 1.807) is 10.4 Å². The van der Waals surface area contributed by atoms with Gasteiger partial charge in [0.1, 0.15) is 30.1 Å². The molecule has 0 saturated heterocycles. The Morgan fingerprint density at radius 2 is 0.491 bits per heavy atom. The van der Waals surface area contributed by atoms with Gasteiger partial charge in [0.15, 0.2) is 0 Å². The molecule has 0 fully saturated rings. The van der Waals surface area contributed by atoms with Gasteiger partial charge in [-0.1, -0.05) is 291 Å². The molecule has 256 valence electrons. The molecule has 0 spiro atoms. The van der Waals surface area contributed by atoms with Crippen LogP contribution in [0, 0.1) is 0 Å². The molecule has 0 aliphatic carbocycles. The summed E-state index contributed by atoms with van der Waals surface area (Å²) in [5.41, 5.74) is 0. The van der Waals surface area contributed by atoms with Crippen molar-refractivity contribution in [1.82, 2.24) is 0 Å². The van der Waals surface area contributed by atoms with Crippen LogP contribution in [0.15, 0.2) is 243 Å². The largest absolute Gasteiger partial charge is 0.123 e. The Morgan fingerprint density at radius 1 is 0.264 bits per heavy atom. The van der Waals surface area contributed by atoms with Gasteiger partial charge in [0.05, 0.1) is 0 Å². The Bertz CT molecular complexity index is 2160. The second-order valence-electron chi connectivity index (χ2n) is 14.1. The van der Waals surface area contributed by atoms with Crippen molar-refractivity contribution < 1.29 is 0 Å². The Morgan fingerprint density at radius 3 is 0.774 bits per heavy atom. The molecule has 0 saturated carbocycles. The van der Waals surface area contributed by atoms with E-state index in [2.05, 4.69) is 249 Å². The smallest absolute Gasteiger partial charge is 0.0632 e. The van der Waals surface area contributed by atoms with Gasteiger partial charge in [0, 0.05) is 0 Å². The van der Waals surface area contributed by atoms with Crippen LogP contribution in [0.4, 0.5) is 0 Å². The van der Waals surface area contributed by atoms with Crippen molar-refractivity contribution in [3.05, 3.63) is 243 Å². The minimum Gasteiger partial charge on any atom is -0.0632 e. The summed E-state index contributed by atoms with van der Waals surface area (Å²) in [6.07, 6.45) is 0. The number of hydrogen-bond acceptors (Lipinski definition) is 0. The van der Waals surface area contributed by atoms with Gasteiger partial charge in [-0.25, -0.2) is 0 Å². The van der Waals surface area contributed by atoms with Crippen LogP contribution in [0.2, 0.25) is 6.55 Å². The fourth-order valence-corrected chi connectivity index (χ4v) is 83.7. The molecule has 0 atom stereocenters. The van der Waals surface area contributed by atoms with Crippen LogP contribution in [0.25, 0.3) is 0 Å².